The summed E-state index contributed by atoms with van der Waals surface area (Å²) >= 11 is 0. The molecule has 0 saturated heterocycles. The molecular formula is C14H24N2O3S. The summed E-state index contributed by atoms with van der Waals surface area (Å²) in [4.78, 5) is 0.141. The molecule has 0 saturated carbocycles. The number of ether oxygens (including phenoxy) is 1. The van der Waals surface area contributed by atoms with Crippen molar-refractivity contribution in [3.63, 3.8) is 0 Å². The number of methoxy groups -OCH3 is 1. The number of aryl methyl sites for hydroxylation is 1. The zero-order chi connectivity index (χ0) is 15.6. The van der Waals surface area contributed by atoms with Gasteiger partial charge in [0.1, 0.15) is 10.6 Å². The number of sulfonamides is 1. The second-order valence-electron chi connectivity index (χ2n) is 5.93. The van der Waals surface area contributed by atoms with E-state index in [1.54, 1.807) is 12.1 Å². The van der Waals surface area contributed by atoms with E-state index < -0.39 is 10.0 Å². The van der Waals surface area contributed by atoms with E-state index in [4.69, 9.17) is 10.5 Å². The Bertz CT molecular complexity index is 562. The Morgan fingerprint density at radius 2 is 1.95 bits per heavy atom. The maximum absolute atomic E-state index is 12.5. The maximum atomic E-state index is 12.5. The van der Waals surface area contributed by atoms with Crippen LogP contribution in [0.2, 0.25) is 0 Å². The lowest BCUT2D eigenvalue weighted by molar-refractivity contribution is 0.304. The van der Waals surface area contributed by atoms with Crippen LogP contribution in [0, 0.1) is 12.3 Å². The molecule has 1 atom stereocenters. The Kier molecular flexibility index (Phi) is 5.18. The largest absolute Gasteiger partial charge is 0.495 e. The minimum absolute atomic E-state index is 0.141. The third-order valence-electron chi connectivity index (χ3n) is 3.19. The molecule has 0 aliphatic heterocycles. The van der Waals surface area contributed by atoms with Crippen LogP contribution in [0.4, 0.5) is 0 Å². The van der Waals surface area contributed by atoms with Crippen LogP contribution in [-0.4, -0.2) is 28.1 Å². The standard InChI is InChI=1S/C14H24N2O3S/c1-10-6-7-11(19-5)12(8-10)20(17,18)16-13(9-15)14(2,3)4/h6-8,13,16H,9,15H2,1-5H3. The molecule has 0 spiro atoms. The zero-order valence-corrected chi connectivity index (χ0v) is 13.5. The highest BCUT2D eigenvalue weighted by Gasteiger charge is 2.30. The van der Waals surface area contributed by atoms with Crippen molar-refractivity contribution in [1.82, 2.24) is 4.72 Å². The van der Waals surface area contributed by atoms with Gasteiger partial charge in [0.15, 0.2) is 0 Å². The molecule has 1 unspecified atom stereocenters. The number of nitrogens with one attached hydrogen (secondary N) is 1. The summed E-state index contributed by atoms with van der Waals surface area (Å²) in [7, 11) is -2.22. The van der Waals surface area contributed by atoms with Crippen LogP contribution in [-0.2, 0) is 10.0 Å². The Balaban J connectivity index is 3.20. The first-order valence-electron chi connectivity index (χ1n) is 6.49. The van der Waals surface area contributed by atoms with Crippen molar-refractivity contribution in [3.05, 3.63) is 23.8 Å². The monoisotopic (exact) mass is 300 g/mol. The number of nitrogens with two attached hydrogens (primary N) is 1. The van der Waals surface area contributed by atoms with Crippen LogP contribution in [0.15, 0.2) is 23.1 Å². The van der Waals surface area contributed by atoms with E-state index in [0.717, 1.165) is 5.56 Å². The number of hydrogen-bond donors (Lipinski definition) is 2. The molecule has 1 rings (SSSR count). The van der Waals surface area contributed by atoms with E-state index in [0.29, 0.717) is 5.75 Å². The van der Waals surface area contributed by atoms with Crippen LogP contribution in [0.3, 0.4) is 0 Å². The number of rotatable bonds is 5. The van der Waals surface area contributed by atoms with Gasteiger partial charge in [-0.25, -0.2) is 13.1 Å². The van der Waals surface area contributed by atoms with Gasteiger partial charge in [-0.3, -0.25) is 0 Å². The van der Waals surface area contributed by atoms with E-state index >= 15 is 0 Å². The predicted octanol–water partition coefficient (Wildman–Crippen LogP) is 1.66. The summed E-state index contributed by atoms with van der Waals surface area (Å²) in [5.74, 6) is 0.327. The average Bonchev–Trinajstić information content (AvgIpc) is 2.34. The van der Waals surface area contributed by atoms with Crippen molar-refractivity contribution in [2.24, 2.45) is 11.1 Å². The fourth-order valence-corrected chi connectivity index (χ4v) is 3.53. The van der Waals surface area contributed by atoms with Crippen molar-refractivity contribution in [3.8, 4) is 5.75 Å². The molecular weight excluding hydrogens is 276 g/mol. The van der Waals surface area contributed by atoms with Gasteiger partial charge in [-0.2, -0.15) is 0 Å². The Morgan fingerprint density at radius 3 is 2.40 bits per heavy atom. The molecule has 114 valence electrons. The molecule has 20 heavy (non-hydrogen) atoms. The molecule has 1 aromatic carbocycles. The second kappa shape index (κ2) is 6.11. The molecule has 0 heterocycles. The summed E-state index contributed by atoms with van der Waals surface area (Å²) in [5, 5.41) is 0. The minimum Gasteiger partial charge on any atom is -0.495 e. The molecule has 0 radical (unpaired) electrons. The van der Waals surface area contributed by atoms with Crippen molar-refractivity contribution in [2.45, 2.75) is 38.6 Å². The lowest BCUT2D eigenvalue weighted by Gasteiger charge is -2.30. The highest BCUT2D eigenvalue weighted by atomic mass is 32.2. The first kappa shape index (κ1) is 16.9. The summed E-state index contributed by atoms with van der Waals surface area (Å²) < 4.78 is 32.9. The summed E-state index contributed by atoms with van der Waals surface area (Å²) in [6.07, 6.45) is 0. The number of benzene rings is 1. The van der Waals surface area contributed by atoms with Crippen molar-refractivity contribution in [1.29, 1.82) is 0 Å². The fourth-order valence-electron chi connectivity index (χ4n) is 1.82. The Labute approximate surface area is 121 Å². The van der Waals surface area contributed by atoms with E-state index in [2.05, 4.69) is 4.72 Å². The molecule has 0 fully saturated rings. The van der Waals surface area contributed by atoms with Crippen molar-refractivity contribution < 1.29 is 13.2 Å². The predicted molar refractivity (Wildman–Crippen MR) is 80.3 cm³/mol. The molecule has 0 bridgehead atoms. The van der Waals surface area contributed by atoms with Gasteiger partial charge in [-0.05, 0) is 30.0 Å². The van der Waals surface area contributed by atoms with E-state index in [1.165, 1.54) is 7.11 Å². The third-order valence-corrected chi connectivity index (χ3v) is 4.68. The van der Waals surface area contributed by atoms with Crippen molar-refractivity contribution >= 4 is 10.0 Å². The maximum Gasteiger partial charge on any atom is 0.244 e. The van der Waals surface area contributed by atoms with Gasteiger partial charge in [-0.1, -0.05) is 26.8 Å². The summed E-state index contributed by atoms with van der Waals surface area (Å²) in [6.45, 7) is 7.90. The van der Waals surface area contributed by atoms with Crippen molar-refractivity contribution in [2.75, 3.05) is 13.7 Å². The van der Waals surface area contributed by atoms with Crippen LogP contribution in [0.1, 0.15) is 26.3 Å². The van der Waals surface area contributed by atoms with Gasteiger partial charge in [0.2, 0.25) is 10.0 Å². The van der Waals surface area contributed by atoms with Crippen LogP contribution < -0.4 is 15.2 Å². The van der Waals surface area contributed by atoms with Crippen LogP contribution >= 0.6 is 0 Å². The second-order valence-corrected chi connectivity index (χ2v) is 7.61. The lowest BCUT2D eigenvalue weighted by atomic mass is 9.88. The molecule has 1 aromatic rings. The van der Waals surface area contributed by atoms with Gasteiger partial charge in [0.05, 0.1) is 7.11 Å². The zero-order valence-electron chi connectivity index (χ0n) is 12.7. The fraction of sp³-hybridized carbons (Fsp3) is 0.571. The molecule has 0 aliphatic rings. The molecule has 0 aliphatic carbocycles. The highest BCUT2D eigenvalue weighted by Crippen LogP contribution is 2.27. The van der Waals surface area contributed by atoms with Gasteiger partial charge >= 0.3 is 0 Å². The van der Waals surface area contributed by atoms with Crippen LogP contribution in [0.25, 0.3) is 0 Å². The normalized spacial score (nSPS) is 14.1. The summed E-state index contributed by atoms with van der Waals surface area (Å²) in [5.41, 5.74) is 6.27. The first-order valence-corrected chi connectivity index (χ1v) is 7.97. The topological polar surface area (TPSA) is 81.4 Å². The van der Waals surface area contributed by atoms with Gasteiger partial charge in [0.25, 0.3) is 0 Å². The van der Waals surface area contributed by atoms with Gasteiger partial charge in [-0.15, -0.1) is 0 Å². The van der Waals surface area contributed by atoms with Gasteiger partial charge < -0.3 is 10.5 Å². The Morgan fingerprint density at radius 1 is 1.35 bits per heavy atom. The first-order chi connectivity index (χ1) is 9.11. The molecule has 0 aromatic heterocycles. The lowest BCUT2D eigenvalue weighted by Crippen LogP contribution is -2.48. The molecule has 5 nitrogen and oxygen atoms in total. The molecule has 0 amide bonds. The summed E-state index contributed by atoms with van der Waals surface area (Å²) in [6, 6.07) is 4.70. The third kappa shape index (κ3) is 3.94. The minimum atomic E-state index is -3.67. The van der Waals surface area contributed by atoms with Gasteiger partial charge in [0, 0.05) is 12.6 Å². The number of hydrogen-bond acceptors (Lipinski definition) is 4. The smallest absolute Gasteiger partial charge is 0.244 e. The molecule has 6 heteroatoms. The van der Waals surface area contributed by atoms with E-state index in [1.807, 2.05) is 33.8 Å². The van der Waals surface area contributed by atoms with Crippen LogP contribution in [0.5, 0.6) is 5.75 Å². The van der Waals surface area contributed by atoms with E-state index in [9.17, 15) is 8.42 Å². The highest BCUT2D eigenvalue weighted by molar-refractivity contribution is 7.89. The molecule has 3 N–H and O–H groups in total. The average molecular weight is 300 g/mol. The van der Waals surface area contributed by atoms with E-state index in [-0.39, 0.29) is 22.9 Å². The Hall–Kier alpha value is -1.11. The quantitative estimate of drug-likeness (QED) is 0.866. The SMILES string of the molecule is COc1ccc(C)cc1S(=O)(=O)NC(CN)C(C)(C)C.